The Labute approximate surface area is 102 Å². The number of aromatic nitrogens is 2. The fourth-order valence-corrected chi connectivity index (χ4v) is 1.48. The fourth-order valence-electron chi connectivity index (χ4n) is 1.48. The van der Waals surface area contributed by atoms with Crippen LogP contribution in [0.2, 0.25) is 0 Å². The SMILES string of the molecule is CCN(CC)C(=O)c1ccnc(NC(C)C)n1. The molecule has 1 heterocycles. The summed E-state index contributed by atoms with van der Waals surface area (Å²) in [6.45, 7) is 9.29. The van der Waals surface area contributed by atoms with E-state index in [9.17, 15) is 4.79 Å². The van der Waals surface area contributed by atoms with E-state index >= 15 is 0 Å². The lowest BCUT2D eigenvalue weighted by Gasteiger charge is -2.18. The molecule has 1 aromatic rings. The molecular weight excluding hydrogens is 216 g/mol. The van der Waals surface area contributed by atoms with Crippen LogP contribution in [0, 0.1) is 0 Å². The average molecular weight is 236 g/mol. The first-order valence-electron chi connectivity index (χ1n) is 5.97. The Morgan fingerprint density at radius 3 is 2.59 bits per heavy atom. The number of carbonyl (C=O) groups excluding carboxylic acids is 1. The van der Waals surface area contributed by atoms with Gasteiger partial charge in [0, 0.05) is 25.3 Å². The van der Waals surface area contributed by atoms with Crippen molar-refractivity contribution in [1.82, 2.24) is 14.9 Å². The van der Waals surface area contributed by atoms with Crippen LogP contribution >= 0.6 is 0 Å². The molecule has 5 nitrogen and oxygen atoms in total. The number of carbonyl (C=O) groups is 1. The minimum atomic E-state index is -0.0517. The molecule has 1 aromatic heterocycles. The third-order valence-electron chi connectivity index (χ3n) is 2.34. The quantitative estimate of drug-likeness (QED) is 0.846. The lowest BCUT2D eigenvalue weighted by Crippen LogP contribution is -2.31. The monoisotopic (exact) mass is 236 g/mol. The number of nitrogens with zero attached hydrogens (tertiary/aromatic N) is 3. The Balaban J connectivity index is 2.87. The molecule has 0 aromatic carbocycles. The smallest absolute Gasteiger partial charge is 0.272 e. The van der Waals surface area contributed by atoms with Crippen LogP contribution in [0.4, 0.5) is 5.95 Å². The molecule has 1 amide bonds. The van der Waals surface area contributed by atoms with E-state index < -0.39 is 0 Å². The Bertz CT molecular complexity index is 375. The first kappa shape index (κ1) is 13.4. The van der Waals surface area contributed by atoms with Crippen LogP contribution in [0.1, 0.15) is 38.2 Å². The van der Waals surface area contributed by atoms with Gasteiger partial charge in [-0.25, -0.2) is 9.97 Å². The Morgan fingerprint density at radius 1 is 1.41 bits per heavy atom. The Hall–Kier alpha value is -1.65. The molecule has 0 radical (unpaired) electrons. The molecule has 0 aliphatic heterocycles. The average Bonchev–Trinajstić information content (AvgIpc) is 2.30. The van der Waals surface area contributed by atoms with Gasteiger partial charge < -0.3 is 10.2 Å². The minimum absolute atomic E-state index is 0.0517. The number of hydrogen-bond donors (Lipinski definition) is 1. The first-order chi connectivity index (χ1) is 8.08. The zero-order valence-electron chi connectivity index (χ0n) is 10.9. The predicted molar refractivity (Wildman–Crippen MR) is 68.0 cm³/mol. The largest absolute Gasteiger partial charge is 0.352 e. The van der Waals surface area contributed by atoms with Crippen molar-refractivity contribution < 1.29 is 4.79 Å². The molecule has 1 N–H and O–H groups in total. The highest BCUT2D eigenvalue weighted by Gasteiger charge is 2.14. The summed E-state index contributed by atoms with van der Waals surface area (Å²) in [6.07, 6.45) is 1.61. The maximum absolute atomic E-state index is 12.1. The van der Waals surface area contributed by atoms with E-state index in [1.807, 2.05) is 27.7 Å². The van der Waals surface area contributed by atoms with Gasteiger partial charge in [0.05, 0.1) is 0 Å². The summed E-state index contributed by atoms with van der Waals surface area (Å²) in [6, 6.07) is 1.89. The standard InChI is InChI=1S/C12H20N4O/c1-5-16(6-2)11(17)10-7-8-13-12(15-10)14-9(3)4/h7-9H,5-6H2,1-4H3,(H,13,14,15). The summed E-state index contributed by atoms with van der Waals surface area (Å²) in [7, 11) is 0. The molecule has 0 bridgehead atoms. The lowest BCUT2D eigenvalue weighted by molar-refractivity contribution is 0.0767. The second-order valence-electron chi connectivity index (χ2n) is 4.04. The van der Waals surface area contributed by atoms with E-state index in [1.54, 1.807) is 17.2 Å². The van der Waals surface area contributed by atoms with E-state index in [0.29, 0.717) is 24.7 Å². The van der Waals surface area contributed by atoms with Crippen molar-refractivity contribution in [3.05, 3.63) is 18.0 Å². The number of hydrogen-bond acceptors (Lipinski definition) is 4. The normalized spacial score (nSPS) is 10.4. The molecule has 0 aliphatic rings. The van der Waals surface area contributed by atoms with Crippen molar-refractivity contribution in [3.63, 3.8) is 0 Å². The third-order valence-corrected chi connectivity index (χ3v) is 2.34. The second-order valence-corrected chi connectivity index (χ2v) is 4.04. The van der Waals surface area contributed by atoms with Gasteiger partial charge in [0.2, 0.25) is 5.95 Å². The highest BCUT2D eigenvalue weighted by atomic mass is 16.2. The first-order valence-corrected chi connectivity index (χ1v) is 5.97. The molecule has 5 heteroatoms. The van der Waals surface area contributed by atoms with E-state index in [-0.39, 0.29) is 11.9 Å². The molecule has 94 valence electrons. The van der Waals surface area contributed by atoms with Gasteiger partial charge in [-0.1, -0.05) is 0 Å². The van der Waals surface area contributed by atoms with Crippen LogP contribution in [0.15, 0.2) is 12.3 Å². The van der Waals surface area contributed by atoms with E-state index in [0.717, 1.165) is 0 Å². The fraction of sp³-hybridized carbons (Fsp3) is 0.583. The van der Waals surface area contributed by atoms with Crippen molar-refractivity contribution in [1.29, 1.82) is 0 Å². The topological polar surface area (TPSA) is 58.1 Å². The molecule has 0 aliphatic carbocycles. The number of amides is 1. The summed E-state index contributed by atoms with van der Waals surface area (Å²) in [4.78, 5) is 22.1. The molecule has 0 spiro atoms. The van der Waals surface area contributed by atoms with Gasteiger partial charge in [-0.05, 0) is 33.8 Å². The van der Waals surface area contributed by atoms with Gasteiger partial charge in [0.15, 0.2) is 0 Å². The summed E-state index contributed by atoms with van der Waals surface area (Å²) >= 11 is 0. The minimum Gasteiger partial charge on any atom is -0.352 e. The zero-order chi connectivity index (χ0) is 12.8. The molecule has 0 atom stereocenters. The Kier molecular flexibility index (Phi) is 4.87. The zero-order valence-corrected chi connectivity index (χ0v) is 10.9. The maximum atomic E-state index is 12.1. The molecule has 0 saturated carbocycles. The molecule has 0 saturated heterocycles. The van der Waals surface area contributed by atoms with E-state index in [4.69, 9.17) is 0 Å². The summed E-state index contributed by atoms with van der Waals surface area (Å²) in [5, 5.41) is 3.08. The highest BCUT2D eigenvalue weighted by Crippen LogP contribution is 2.05. The van der Waals surface area contributed by atoms with Crippen LogP contribution in [0.25, 0.3) is 0 Å². The van der Waals surface area contributed by atoms with Crippen molar-refractivity contribution in [3.8, 4) is 0 Å². The van der Waals surface area contributed by atoms with Crippen LogP contribution in [-0.4, -0.2) is 39.9 Å². The summed E-state index contributed by atoms with van der Waals surface area (Å²) in [5.41, 5.74) is 0.437. The molecule has 17 heavy (non-hydrogen) atoms. The molecule has 0 fully saturated rings. The maximum Gasteiger partial charge on any atom is 0.272 e. The Morgan fingerprint density at radius 2 is 2.06 bits per heavy atom. The molecule has 1 rings (SSSR count). The van der Waals surface area contributed by atoms with Gasteiger partial charge in [-0.2, -0.15) is 0 Å². The lowest BCUT2D eigenvalue weighted by atomic mass is 10.3. The molecule has 0 unspecified atom stereocenters. The van der Waals surface area contributed by atoms with Gasteiger partial charge >= 0.3 is 0 Å². The van der Waals surface area contributed by atoms with Gasteiger partial charge in [-0.3, -0.25) is 4.79 Å². The number of nitrogens with one attached hydrogen (secondary N) is 1. The van der Waals surface area contributed by atoms with Gasteiger partial charge in [-0.15, -0.1) is 0 Å². The van der Waals surface area contributed by atoms with Crippen molar-refractivity contribution in [2.45, 2.75) is 33.7 Å². The van der Waals surface area contributed by atoms with Crippen LogP contribution in [-0.2, 0) is 0 Å². The van der Waals surface area contributed by atoms with Crippen LogP contribution in [0.5, 0.6) is 0 Å². The second kappa shape index (κ2) is 6.18. The van der Waals surface area contributed by atoms with E-state index in [1.165, 1.54) is 0 Å². The van der Waals surface area contributed by atoms with Crippen molar-refractivity contribution in [2.75, 3.05) is 18.4 Å². The predicted octanol–water partition coefficient (Wildman–Crippen LogP) is 1.78. The van der Waals surface area contributed by atoms with Gasteiger partial charge in [0.1, 0.15) is 5.69 Å². The van der Waals surface area contributed by atoms with Crippen molar-refractivity contribution >= 4 is 11.9 Å². The number of rotatable bonds is 5. The number of anilines is 1. The third kappa shape index (κ3) is 3.69. The summed E-state index contributed by atoms with van der Waals surface area (Å²) < 4.78 is 0. The van der Waals surface area contributed by atoms with Crippen LogP contribution in [0.3, 0.4) is 0 Å². The van der Waals surface area contributed by atoms with Crippen molar-refractivity contribution in [2.24, 2.45) is 0 Å². The van der Waals surface area contributed by atoms with Crippen LogP contribution < -0.4 is 5.32 Å². The van der Waals surface area contributed by atoms with Gasteiger partial charge in [0.25, 0.3) is 5.91 Å². The molecular formula is C12H20N4O. The summed E-state index contributed by atoms with van der Waals surface area (Å²) in [5.74, 6) is 0.446. The highest BCUT2D eigenvalue weighted by molar-refractivity contribution is 5.92. The van der Waals surface area contributed by atoms with E-state index in [2.05, 4.69) is 15.3 Å².